The fraction of sp³-hybridized carbons (Fsp3) is 0.235. The second-order valence-electron chi connectivity index (χ2n) is 7.80. The molecule has 3 rings (SSSR count). The first-order valence-corrected chi connectivity index (χ1v) is 42.5. The molecule has 0 aliphatic heterocycles. The van der Waals surface area contributed by atoms with Crippen molar-refractivity contribution >= 4 is 183 Å². The SMILES string of the molecule is COC(=O)C1CC1c1cccc(Br)c1.O=S(=O)(Cl)c1ccc(Cl)cc1.PP(P)P(P)P(P(P)P)P(P(P)P)P(P)P. The first-order valence-electron chi connectivity index (χ1n) is 10.8. The van der Waals surface area contributed by atoms with Crippen LogP contribution in [0.2, 0.25) is 5.02 Å². The Morgan fingerprint density at radius 1 is 0.878 bits per heavy atom. The smallest absolute Gasteiger partial charge is 0.309 e. The van der Waals surface area contributed by atoms with Gasteiger partial charge in [-0.05, 0) is 103 Å². The lowest BCUT2D eigenvalue weighted by Crippen LogP contribution is -2.03. The summed E-state index contributed by atoms with van der Waals surface area (Å²) < 4.78 is 27.1. The Balaban J connectivity index is 0.000000312. The summed E-state index contributed by atoms with van der Waals surface area (Å²) >= 11 is 8.94. The van der Waals surface area contributed by atoms with Crippen LogP contribution in [0.25, 0.3) is 0 Å². The van der Waals surface area contributed by atoms with Gasteiger partial charge in [-0.2, -0.15) is 0 Å². The Kier molecular flexibility index (Phi) is 24.7. The highest BCUT2D eigenvalue weighted by atomic mass is 79.9. The predicted octanol–water partition coefficient (Wildman–Crippen LogP) is 14.0. The Labute approximate surface area is 291 Å². The molecule has 1 saturated carbocycles. The Bertz CT molecular complexity index is 1200. The molecule has 1 aliphatic rings. The van der Waals surface area contributed by atoms with Crippen molar-refractivity contribution in [1.82, 2.24) is 0 Å². The minimum Gasteiger partial charge on any atom is -0.469 e. The van der Waals surface area contributed by atoms with Crippen LogP contribution in [-0.2, 0) is 18.6 Å². The molecule has 13 unspecified atom stereocenters. The molecule has 4 nitrogen and oxygen atoms in total. The number of benzene rings is 2. The lowest BCUT2D eigenvalue weighted by molar-refractivity contribution is -0.142. The number of carbonyl (C=O) groups excluding carboxylic acids is 1. The number of hydrogen-bond donors (Lipinski definition) is 0. The lowest BCUT2D eigenvalue weighted by atomic mass is 10.1. The van der Waals surface area contributed by atoms with Crippen LogP contribution >= 0.6 is 167 Å². The van der Waals surface area contributed by atoms with E-state index in [1.807, 2.05) is 12.1 Å². The van der Waals surface area contributed by atoms with Crippen molar-refractivity contribution in [3.05, 3.63) is 63.6 Å². The van der Waals surface area contributed by atoms with E-state index in [0.29, 0.717) is 10.9 Å². The molecule has 41 heavy (non-hydrogen) atoms. The van der Waals surface area contributed by atoms with Crippen LogP contribution in [0.5, 0.6) is 0 Å². The number of carbonyl (C=O) groups is 1. The van der Waals surface area contributed by atoms with Gasteiger partial charge >= 0.3 is 5.97 Å². The molecule has 0 amide bonds. The third-order valence-electron chi connectivity index (χ3n) is 4.87. The largest absolute Gasteiger partial charge is 0.469 e. The highest BCUT2D eigenvalue weighted by molar-refractivity contribution is 9.30. The summed E-state index contributed by atoms with van der Waals surface area (Å²) in [6, 6.07) is 13.7. The molecule has 1 fully saturated rings. The molecule has 232 valence electrons. The van der Waals surface area contributed by atoms with E-state index in [0.717, 1.165) is 10.9 Å². The van der Waals surface area contributed by atoms with Crippen molar-refractivity contribution in [2.45, 2.75) is 17.2 Å². The maximum absolute atomic E-state index is 11.2. The van der Waals surface area contributed by atoms with Gasteiger partial charge in [-0.1, -0.05) is 39.7 Å². The van der Waals surface area contributed by atoms with Crippen molar-refractivity contribution in [1.29, 1.82) is 0 Å². The number of rotatable bonds is 9. The Hall–Kier alpha value is 5.80. The van der Waals surface area contributed by atoms with Crippen molar-refractivity contribution < 1.29 is 17.9 Å². The van der Waals surface area contributed by atoms with E-state index >= 15 is 0 Å². The zero-order chi connectivity index (χ0) is 31.7. The highest BCUT2D eigenvalue weighted by Gasteiger charge is 2.44. The minimum atomic E-state index is -3.61. The van der Waals surface area contributed by atoms with Crippen LogP contribution in [0.15, 0.2) is 57.9 Å². The average molecular weight is 980 g/mol. The molecule has 0 aromatic heterocycles. The first-order chi connectivity index (χ1) is 18.9. The van der Waals surface area contributed by atoms with Gasteiger partial charge < -0.3 is 4.74 Å². The number of halogens is 3. The first kappa shape index (κ1) is 44.8. The maximum atomic E-state index is 11.2. The van der Waals surface area contributed by atoms with E-state index in [1.165, 1.54) is 36.9 Å². The number of hydrogen-bond acceptors (Lipinski definition) is 4. The normalized spacial score (nSPS) is 18.0. The van der Waals surface area contributed by atoms with Crippen LogP contribution in [-0.4, -0.2) is 21.5 Å². The number of esters is 1. The van der Waals surface area contributed by atoms with Gasteiger partial charge in [0.2, 0.25) is 0 Å². The quantitative estimate of drug-likeness (QED) is 0.143. The summed E-state index contributed by atoms with van der Waals surface area (Å²) in [6.07, 6.45) is 0.920. The molecular weight excluding hydrogens is 947 g/mol. The van der Waals surface area contributed by atoms with Crippen molar-refractivity contribution in [3.8, 4) is 0 Å². The van der Waals surface area contributed by atoms with E-state index in [1.54, 1.807) is 0 Å². The fourth-order valence-corrected chi connectivity index (χ4v) is 168. The van der Waals surface area contributed by atoms with Crippen LogP contribution in [0.1, 0.15) is 17.9 Å². The second-order valence-corrected chi connectivity index (χ2v) is 73.5. The van der Waals surface area contributed by atoms with E-state index < -0.39 is 9.05 Å². The molecule has 0 radical (unpaired) electrons. The molecule has 2 aromatic rings. The minimum absolute atomic E-state index is 0.0589. The Morgan fingerprint density at radius 3 is 1.78 bits per heavy atom. The molecule has 0 N–H and O–H groups in total. The van der Waals surface area contributed by atoms with Crippen molar-refractivity contribution in [2.75, 3.05) is 7.11 Å². The van der Waals surface area contributed by atoms with Gasteiger partial charge in [-0.3, -0.25) is 4.79 Å². The topological polar surface area (TPSA) is 60.4 Å². The lowest BCUT2D eigenvalue weighted by Gasteiger charge is -2.40. The monoisotopic (exact) mass is 978 g/mol. The second kappa shape index (κ2) is 22.6. The van der Waals surface area contributed by atoms with Gasteiger partial charge in [-0.25, -0.2) is 8.42 Å². The number of ether oxygens (including phenoxy) is 1. The maximum Gasteiger partial charge on any atom is 0.309 e. The average Bonchev–Trinajstić information content (AvgIpc) is 3.67. The van der Waals surface area contributed by atoms with Gasteiger partial charge in [0.05, 0.1) is 17.9 Å². The third-order valence-corrected chi connectivity index (χ3v) is 103. The summed E-state index contributed by atoms with van der Waals surface area (Å²) in [6.45, 7) is 0.740. The zero-order valence-electron chi connectivity index (χ0n) is 21.5. The molecule has 0 spiro atoms. The van der Waals surface area contributed by atoms with Gasteiger partial charge in [-0.15, -0.1) is 80.4 Å². The summed E-state index contributed by atoms with van der Waals surface area (Å²) in [5.74, 6) is 0.351. The zero-order valence-corrected chi connectivity index (χ0v) is 42.1. The predicted molar refractivity (Wildman–Crippen MR) is 237 cm³/mol. The summed E-state index contributed by atoms with van der Waals surface area (Å²) in [4.78, 5) is 11.3. The molecule has 2 aromatic carbocycles. The van der Waals surface area contributed by atoms with Gasteiger partial charge in [0, 0.05) is 20.2 Å². The van der Waals surface area contributed by atoms with Crippen molar-refractivity contribution in [2.24, 2.45) is 5.92 Å². The molecule has 0 bridgehead atoms. The van der Waals surface area contributed by atoms with Gasteiger partial charge in [0.15, 0.2) is 0 Å². The van der Waals surface area contributed by atoms with E-state index in [2.05, 4.69) is 108 Å². The van der Waals surface area contributed by atoms with Crippen LogP contribution in [0.3, 0.4) is 0 Å². The molecule has 1 aliphatic carbocycles. The fourth-order valence-electron chi connectivity index (χ4n) is 2.99. The molecular formula is C17H33BrCl2O4P16S. The van der Waals surface area contributed by atoms with Crippen LogP contribution in [0.4, 0.5) is 0 Å². The molecule has 24 heteroatoms. The molecule has 0 heterocycles. The molecule has 0 saturated heterocycles. The summed E-state index contributed by atoms with van der Waals surface area (Å²) in [5.41, 5.74) is 1.22. The van der Waals surface area contributed by atoms with Gasteiger partial charge in [0.1, 0.15) is 0 Å². The van der Waals surface area contributed by atoms with Crippen LogP contribution < -0.4 is 0 Å². The summed E-state index contributed by atoms with van der Waals surface area (Å²) in [5, 5.41) is 0.481. The van der Waals surface area contributed by atoms with E-state index in [4.69, 9.17) is 27.0 Å². The number of methoxy groups -OCH3 is 1. The van der Waals surface area contributed by atoms with Gasteiger partial charge in [0.25, 0.3) is 9.05 Å². The molecule has 13 atom stereocenters. The highest BCUT2D eigenvalue weighted by Crippen LogP contribution is 3.24. The summed E-state index contributed by atoms with van der Waals surface area (Å²) in [7, 11) is 30.7. The third kappa shape index (κ3) is 17.0. The Morgan fingerprint density at radius 2 is 1.39 bits per heavy atom. The van der Waals surface area contributed by atoms with Crippen LogP contribution in [0, 0.1) is 5.92 Å². The van der Waals surface area contributed by atoms with Crippen molar-refractivity contribution in [3.63, 3.8) is 0 Å². The standard InChI is InChI=1S/C11H11BrO2.C6H4Cl2O2S.H18P16/c1-14-11(13)10-6-9(10)7-3-2-4-8(12)5-7;7-5-1-3-6(4-2-5)11(8,9)10;1-10(2)14(9)16(13(7)8)15(11(3)4)12(5)6/h2-5,9-10H,6H2,1H3;1-4H;1-9H2. The van der Waals surface area contributed by atoms with E-state index in [9.17, 15) is 13.2 Å². The van der Waals surface area contributed by atoms with E-state index in [-0.39, 0.29) is 65.7 Å².